The topological polar surface area (TPSA) is 39.0 Å². The van der Waals surface area contributed by atoms with E-state index in [0.29, 0.717) is 0 Å². The third-order valence-electron chi connectivity index (χ3n) is 4.07. The van der Waals surface area contributed by atoms with Gasteiger partial charge in [-0.3, -0.25) is 4.98 Å². The fourth-order valence-corrected chi connectivity index (χ4v) is 3.22. The lowest BCUT2D eigenvalue weighted by Crippen LogP contribution is -2.32. The molecular weight excluding hydrogens is 250 g/mol. The normalized spacial score (nSPS) is 13.1. The first-order valence-electron chi connectivity index (χ1n) is 6.64. The smallest absolute Gasteiger partial charge is 0.257 e. The minimum absolute atomic E-state index is 0.811. The lowest BCUT2D eigenvalue weighted by molar-refractivity contribution is -0.648. The standard InChI is InChI=1S/C15H12N5/c1-18-13-15(19-8-3-2-6-12(19)17-13)20-9-11-10(14(18)20)5-4-7-16-11/h2-8H,9H2,1H3/q+1. The molecule has 4 aromatic heterocycles. The number of pyridine rings is 2. The summed E-state index contributed by atoms with van der Waals surface area (Å²) >= 11 is 0. The minimum Gasteiger partial charge on any atom is -0.257 e. The van der Waals surface area contributed by atoms with Gasteiger partial charge in [-0.05, 0) is 24.3 Å². The van der Waals surface area contributed by atoms with E-state index in [0.717, 1.165) is 29.2 Å². The van der Waals surface area contributed by atoms with Gasteiger partial charge in [-0.15, -0.1) is 0 Å². The Balaban J connectivity index is 1.99. The number of nitrogens with zero attached hydrogens (tertiary/aromatic N) is 5. The summed E-state index contributed by atoms with van der Waals surface area (Å²) in [7, 11) is 2.07. The van der Waals surface area contributed by atoms with Crippen LogP contribution in [0.2, 0.25) is 0 Å². The summed E-state index contributed by atoms with van der Waals surface area (Å²) < 4.78 is 6.60. The third-order valence-corrected chi connectivity index (χ3v) is 4.07. The van der Waals surface area contributed by atoms with Crippen molar-refractivity contribution in [3.63, 3.8) is 0 Å². The highest BCUT2D eigenvalue weighted by molar-refractivity contribution is 5.76. The molecule has 0 saturated heterocycles. The van der Waals surface area contributed by atoms with Gasteiger partial charge in [0.05, 0.1) is 24.5 Å². The summed E-state index contributed by atoms with van der Waals surface area (Å²) in [4.78, 5) is 9.23. The highest BCUT2D eigenvalue weighted by atomic mass is 15.3. The number of imidazole rings is 2. The molecule has 5 nitrogen and oxygen atoms in total. The molecule has 0 saturated carbocycles. The van der Waals surface area contributed by atoms with E-state index in [-0.39, 0.29) is 0 Å². The Kier molecular flexibility index (Phi) is 1.65. The van der Waals surface area contributed by atoms with Gasteiger partial charge in [-0.2, -0.15) is 4.98 Å². The third kappa shape index (κ3) is 1.02. The van der Waals surface area contributed by atoms with Gasteiger partial charge in [-0.25, -0.2) is 13.5 Å². The molecule has 96 valence electrons. The highest BCUT2D eigenvalue weighted by Crippen LogP contribution is 2.29. The summed E-state index contributed by atoms with van der Waals surface area (Å²) in [5, 5.41) is 0. The molecule has 0 aliphatic carbocycles. The van der Waals surface area contributed by atoms with Crippen LogP contribution < -0.4 is 4.57 Å². The Hall–Kier alpha value is -2.69. The fraction of sp³-hybridized carbons (Fsp3) is 0.133. The molecule has 20 heavy (non-hydrogen) atoms. The first-order chi connectivity index (χ1) is 9.84. The van der Waals surface area contributed by atoms with Gasteiger partial charge in [0, 0.05) is 6.20 Å². The lowest BCUT2D eigenvalue weighted by atomic mass is 10.2. The van der Waals surface area contributed by atoms with Crippen LogP contribution in [0, 0.1) is 0 Å². The summed E-state index contributed by atoms with van der Waals surface area (Å²) in [6, 6.07) is 10.2. The predicted octanol–water partition coefficient (Wildman–Crippen LogP) is 1.54. The molecule has 1 aliphatic rings. The summed E-state index contributed by atoms with van der Waals surface area (Å²) in [5.74, 6) is 1.18. The molecule has 5 heteroatoms. The maximum absolute atomic E-state index is 4.74. The van der Waals surface area contributed by atoms with Gasteiger partial charge in [0.25, 0.3) is 11.3 Å². The predicted molar refractivity (Wildman–Crippen MR) is 74.2 cm³/mol. The fourth-order valence-electron chi connectivity index (χ4n) is 3.22. The Morgan fingerprint density at radius 3 is 3.10 bits per heavy atom. The van der Waals surface area contributed by atoms with E-state index in [4.69, 9.17) is 4.98 Å². The lowest BCUT2D eigenvalue weighted by Gasteiger charge is -1.95. The molecule has 0 bridgehead atoms. The van der Waals surface area contributed by atoms with Crippen molar-refractivity contribution in [1.29, 1.82) is 0 Å². The molecule has 0 unspecified atom stereocenters. The molecule has 0 N–H and O–H groups in total. The van der Waals surface area contributed by atoms with Gasteiger partial charge in [0.2, 0.25) is 5.82 Å². The molecular formula is C15H12N5+. The van der Waals surface area contributed by atoms with Crippen LogP contribution in [-0.4, -0.2) is 18.9 Å². The van der Waals surface area contributed by atoms with Crippen LogP contribution in [0.25, 0.3) is 28.3 Å². The highest BCUT2D eigenvalue weighted by Gasteiger charge is 2.34. The molecule has 0 fully saturated rings. The van der Waals surface area contributed by atoms with E-state index in [2.05, 4.69) is 37.8 Å². The average Bonchev–Trinajstić information content (AvgIpc) is 3.10. The largest absolute Gasteiger partial charge is 0.295 e. The average molecular weight is 262 g/mol. The molecule has 0 amide bonds. The molecule has 5 rings (SSSR count). The van der Waals surface area contributed by atoms with Gasteiger partial charge < -0.3 is 0 Å². The van der Waals surface area contributed by atoms with Crippen LogP contribution in [0.1, 0.15) is 5.69 Å². The van der Waals surface area contributed by atoms with Crippen LogP contribution in [0.5, 0.6) is 0 Å². The van der Waals surface area contributed by atoms with Crippen molar-refractivity contribution < 1.29 is 4.57 Å². The monoisotopic (exact) mass is 262 g/mol. The quantitative estimate of drug-likeness (QED) is 0.397. The number of rotatable bonds is 0. The molecule has 0 spiro atoms. The van der Waals surface area contributed by atoms with Crippen molar-refractivity contribution in [2.75, 3.05) is 0 Å². The van der Waals surface area contributed by atoms with Gasteiger partial charge >= 0.3 is 0 Å². The van der Waals surface area contributed by atoms with E-state index < -0.39 is 0 Å². The summed E-state index contributed by atoms with van der Waals surface area (Å²) in [6.07, 6.45) is 3.92. The number of fused-ring (bicyclic) bond motifs is 7. The van der Waals surface area contributed by atoms with E-state index in [1.807, 2.05) is 30.5 Å². The second kappa shape index (κ2) is 3.25. The second-order valence-electron chi connectivity index (χ2n) is 5.15. The van der Waals surface area contributed by atoms with Crippen LogP contribution in [0.15, 0.2) is 42.7 Å². The van der Waals surface area contributed by atoms with Crippen molar-refractivity contribution in [1.82, 2.24) is 18.9 Å². The van der Waals surface area contributed by atoms with Gasteiger partial charge in [0.15, 0.2) is 5.65 Å². The number of hydrogen-bond acceptors (Lipinski definition) is 2. The summed E-state index contributed by atoms with van der Waals surface area (Å²) in [5.41, 5.74) is 5.47. The Labute approximate surface area is 114 Å². The maximum Gasteiger partial charge on any atom is 0.295 e. The Bertz CT molecular complexity index is 992. The molecule has 0 radical (unpaired) electrons. The van der Waals surface area contributed by atoms with Crippen LogP contribution >= 0.6 is 0 Å². The first-order valence-corrected chi connectivity index (χ1v) is 6.64. The molecule has 0 aromatic carbocycles. The zero-order valence-electron chi connectivity index (χ0n) is 11.0. The Morgan fingerprint density at radius 2 is 2.15 bits per heavy atom. The number of hydrogen-bond donors (Lipinski definition) is 0. The van der Waals surface area contributed by atoms with E-state index in [1.54, 1.807) is 0 Å². The number of aromatic nitrogens is 5. The van der Waals surface area contributed by atoms with E-state index in [9.17, 15) is 0 Å². The van der Waals surface area contributed by atoms with Crippen molar-refractivity contribution in [3.8, 4) is 11.4 Å². The molecule has 0 atom stereocenters. The zero-order chi connectivity index (χ0) is 13.3. The first kappa shape index (κ1) is 10.1. The number of aryl methyl sites for hydroxylation is 1. The van der Waals surface area contributed by atoms with Crippen molar-refractivity contribution in [2.45, 2.75) is 6.54 Å². The van der Waals surface area contributed by atoms with E-state index in [1.165, 1.54) is 11.4 Å². The maximum atomic E-state index is 4.74. The Morgan fingerprint density at radius 1 is 1.20 bits per heavy atom. The van der Waals surface area contributed by atoms with Gasteiger partial charge in [0.1, 0.15) is 6.54 Å². The van der Waals surface area contributed by atoms with Crippen molar-refractivity contribution >= 4 is 16.9 Å². The molecule has 1 aliphatic heterocycles. The zero-order valence-corrected chi connectivity index (χ0v) is 11.0. The van der Waals surface area contributed by atoms with Crippen LogP contribution in [0.4, 0.5) is 0 Å². The second-order valence-corrected chi connectivity index (χ2v) is 5.15. The summed E-state index contributed by atoms with van der Waals surface area (Å²) in [6.45, 7) is 0.811. The van der Waals surface area contributed by atoms with Crippen molar-refractivity contribution in [3.05, 3.63) is 48.4 Å². The SMILES string of the molecule is Cn1c2[n+](c3c1nc1ccccn13)Cc1ncccc1-2. The van der Waals surface area contributed by atoms with Crippen LogP contribution in [-0.2, 0) is 13.6 Å². The van der Waals surface area contributed by atoms with E-state index >= 15 is 0 Å². The van der Waals surface area contributed by atoms with Crippen molar-refractivity contribution in [2.24, 2.45) is 7.05 Å². The van der Waals surface area contributed by atoms with Crippen LogP contribution in [0.3, 0.4) is 0 Å². The minimum atomic E-state index is 0.811. The molecule has 4 aromatic rings. The molecule has 5 heterocycles. The van der Waals surface area contributed by atoms with Gasteiger partial charge in [-0.1, -0.05) is 6.07 Å².